The van der Waals surface area contributed by atoms with E-state index in [1.54, 1.807) is 6.07 Å². The summed E-state index contributed by atoms with van der Waals surface area (Å²) in [6, 6.07) is 11.1. The van der Waals surface area contributed by atoms with Crippen molar-refractivity contribution in [3.8, 4) is 0 Å². The van der Waals surface area contributed by atoms with E-state index in [0.717, 1.165) is 10.4 Å². The summed E-state index contributed by atoms with van der Waals surface area (Å²) in [5.41, 5.74) is 1.13. The number of benzene rings is 1. The van der Waals surface area contributed by atoms with Gasteiger partial charge in [-0.2, -0.15) is 0 Å². The second-order valence-electron chi connectivity index (χ2n) is 4.15. The normalized spacial score (nSPS) is 12.3. The van der Waals surface area contributed by atoms with Crippen molar-refractivity contribution in [3.05, 3.63) is 62.0 Å². The third kappa shape index (κ3) is 3.76. The highest BCUT2D eigenvalue weighted by molar-refractivity contribution is 7.15. The van der Waals surface area contributed by atoms with Gasteiger partial charge in [-0.05, 0) is 30.7 Å². The van der Waals surface area contributed by atoms with Crippen LogP contribution in [-0.2, 0) is 6.54 Å². The maximum Gasteiger partial charge on any atom is 0.324 e. The van der Waals surface area contributed by atoms with E-state index in [4.69, 9.17) is 11.6 Å². The fourth-order valence-electron chi connectivity index (χ4n) is 1.68. The van der Waals surface area contributed by atoms with Gasteiger partial charge in [0.05, 0.1) is 4.92 Å². The first kappa shape index (κ1) is 14.0. The Morgan fingerprint density at radius 2 is 2.00 bits per heavy atom. The van der Waals surface area contributed by atoms with E-state index in [1.165, 1.54) is 17.4 Å². The molecule has 0 aliphatic heterocycles. The summed E-state index contributed by atoms with van der Waals surface area (Å²) < 4.78 is 0. The van der Waals surface area contributed by atoms with Gasteiger partial charge in [0.1, 0.15) is 0 Å². The molecule has 6 heteroatoms. The number of hydrogen-bond acceptors (Lipinski definition) is 4. The van der Waals surface area contributed by atoms with Gasteiger partial charge in [-0.3, -0.25) is 10.1 Å². The minimum atomic E-state index is -0.364. The Labute approximate surface area is 120 Å². The lowest BCUT2D eigenvalue weighted by atomic mass is 10.1. The predicted molar refractivity (Wildman–Crippen MR) is 77.7 cm³/mol. The molecule has 0 spiro atoms. The molecule has 0 saturated heterocycles. The first-order valence-electron chi connectivity index (χ1n) is 5.78. The molecule has 1 heterocycles. The van der Waals surface area contributed by atoms with Crippen LogP contribution in [0.15, 0.2) is 36.4 Å². The molecule has 2 aromatic rings. The van der Waals surface area contributed by atoms with Crippen LogP contribution in [-0.4, -0.2) is 4.92 Å². The van der Waals surface area contributed by atoms with Gasteiger partial charge in [-0.15, -0.1) is 0 Å². The van der Waals surface area contributed by atoms with Crippen molar-refractivity contribution in [1.29, 1.82) is 0 Å². The summed E-state index contributed by atoms with van der Waals surface area (Å²) in [6.07, 6.45) is 0. The van der Waals surface area contributed by atoms with Crippen LogP contribution in [0.5, 0.6) is 0 Å². The summed E-state index contributed by atoms with van der Waals surface area (Å²) in [6.45, 7) is 2.66. The number of nitrogens with one attached hydrogen (secondary N) is 1. The van der Waals surface area contributed by atoms with Gasteiger partial charge in [0.15, 0.2) is 0 Å². The topological polar surface area (TPSA) is 55.2 Å². The van der Waals surface area contributed by atoms with E-state index in [0.29, 0.717) is 11.6 Å². The molecule has 4 nitrogen and oxygen atoms in total. The second-order valence-corrected chi connectivity index (χ2v) is 5.73. The highest BCUT2D eigenvalue weighted by Crippen LogP contribution is 2.24. The Balaban J connectivity index is 1.94. The van der Waals surface area contributed by atoms with Crippen molar-refractivity contribution in [1.82, 2.24) is 5.32 Å². The average molecular weight is 297 g/mol. The van der Waals surface area contributed by atoms with Crippen LogP contribution in [0, 0.1) is 10.1 Å². The summed E-state index contributed by atoms with van der Waals surface area (Å²) >= 11 is 7.04. The molecule has 1 unspecified atom stereocenters. The van der Waals surface area contributed by atoms with Crippen LogP contribution >= 0.6 is 22.9 Å². The molecular formula is C13H13ClN2O2S. The van der Waals surface area contributed by atoms with Gasteiger partial charge in [0, 0.05) is 28.6 Å². The summed E-state index contributed by atoms with van der Waals surface area (Å²) in [5.74, 6) is 0. The molecule has 1 aromatic carbocycles. The molecule has 0 aliphatic rings. The molecule has 2 rings (SSSR count). The minimum absolute atomic E-state index is 0.165. The quantitative estimate of drug-likeness (QED) is 0.666. The van der Waals surface area contributed by atoms with Crippen molar-refractivity contribution >= 4 is 27.9 Å². The summed E-state index contributed by atoms with van der Waals surface area (Å²) in [5, 5.41) is 14.8. The molecule has 1 atom stereocenters. The van der Waals surface area contributed by atoms with Crippen molar-refractivity contribution in [2.75, 3.05) is 0 Å². The average Bonchev–Trinajstić information content (AvgIpc) is 2.86. The molecule has 0 fully saturated rings. The summed E-state index contributed by atoms with van der Waals surface area (Å²) in [4.78, 5) is 11.2. The van der Waals surface area contributed by atoms with Crippen molar-refractivity contribution in [2.45, 2.75) is 19.5 Å². The van der Waals surface area contributed by atoms with Gasteiger partial charge >= 0.3 is 5.00 Å². The Bertz CT molecular complexity index is 568. The van der Waals surface area contributed by atoms with E-state index in [-0.39, 0.29) is 16.0 Å². The Kier molecular flexibility index (Phi) is 4.52. The molecular weight excluding hydrogens is 284 g/mol. The lowest BCUT2D eigenvalue weighted by molar-refractivity contribution is -0.380. The van der Waals surface area contributed by atoms with Gasteiger partial charge in [0.25, 0.3) is 0 Å². The number of halogens is 1. The molecule has 0 saturated carbocycles. The molecule has 1 N–H and O–H groups in total. The third-order valence-electron chi connectivity index (χ3n) is 2.78. The van der Waals surface area contributed by atoms with E-state index >= 15 is 0 Å². The minimum Gasteiger partial charge on any atom is -0.305 e. The monoisotopic (exact) mass is 296 g/mol. The Hall–Kier alpha value is -1.43. The molecule has 0 aliphatic carbocycles. The number of thiophene rings is 1. The SMILES string of the molecule is CC(NCc1ccc([N+](=O)[O-])s1)c1ccc(Cl)cc1. The van der Waals surface area contributed by atoms with E-state index in [1.807, 2.05) is 31.2 Å². The first-order valence-corrected chi connectivity index (χ1v) is 6.97. The lowest BCUT2D eigenvalue weighted by Gasteiger charge is -2.13. The van der Waals surface area contributed by atoms with Crippen LogP contribution in [0.25, 0.3) is 0 Å². The van der Waals surface area contributed by atoms with Gasteiger partial charge in [-0.25, -0.2) is 0 Å². The van der Waals surface area contributed by atoms with Crippen LogP contribution < -0.4 is 5.32 Å². The zero-order chi connectivity index (χ0) is 13.8. The van der Waals surface area contributed by atoms with Crippen molar-refractivity contribution in [3.63, 3.8) is 0 Å². The first-order chi connectivity index (χ1) is 9.06. The highest BCUT2D eigenvalue weighted by atomic mass is 35.5. The van der Waals surface area contributed by atoms with E-state index in [9.17, 15) is 10.1 Å². The Morgan fingerprint density at radius 1 is 1.32 bits per heavy atom. The van der Waals surface area contributed by atoms with Gasteiger partial charge in [0.2, 0.25) is 0 Å². The Morgan fingerprint density at radius 3 is 2.58 bits per heavy atom. The molecule has 1 aromatic heterocycles. The van der Waals surface area contributed by atoms with E-state index in [2.05, 4.69) is 5.32 Å². The highest BCUT2D eigenvalue weighted by Gasteiger charge is 2.10. The van der Waals surface area contributed by atoms with E-state index < -0.39 is 0 Å². The molecule has 19 heavy (non-hydrogen) atoms. The summed E-state index contributed by atoms with van der Waals surface area (Å²) in [7, 11) is 0. The predicted octanol–water partition coefficient (Wildman–Crippen LogP) is 4.16. The zero-order valence-electron chi connectivity index (χ0n) is 10.3. The maximum atomic E-state index is 10.6. The fourth-order valence-corrected chi connectivity index (χ4v) is 2.58. The van der Waals surface area contributed by atoms with Crippen molar-refractivity contribution < 1.29 is 4.92 Å². The number of rotatable bonds is 5. The van der Waals surface area contributed by atoms with Gasteiger partial charge in [-0.1, -0.05) is 35.1 Å². The number of nitro groups is 1. The fraction of sp³-hybridized carbons (Fsp3) is 0.231. The smallest absolute Gasteiger partial charge is 0.305 e. The van der Waals surface area contributed by atoms with Crippen LogP contribution in [0.1, 0.15) is 23.4 Å². The van der Waals surface area contributed by atoms with Gasteiger partial charge < -0.3 is 5.32 Å². The van der Waals surface area contributed by atoms with Crippen LogP contribution in [0.4, 0.5) is 5.00 Å². The second kappa shape index (κ2) is 6.14. The largest absolute Gasteiger partial charge is 0.324 e. The van der Waals surface area contributed by atoms with Crippen LogP contribution in [0.2, 0.25) is 5.02 Å². The zero-order valence-corrected chi connectivity index (χ0v) is 11.9. The van der Waals surface area contributed by atoms with Crippen LogP contribution in [0.3, 0.4) is 0 Å². The van der Waals surface area contributed by atoms with Crippen molar-refractivity contribution in [2.24, 2.45) is 0 Å². The maximum absolute atomic E-state index is 10.6. The third-order valence-corrected chi connectivity index (χ3v) is 4.07. The number of nitrogens with zero attached hydrogens (tertiary/aromatic N) is 1. The number of hydrogen-bond donors (Lipinski definition) is 1. The lowest BCUT2D eigenvalue weighted by Crippen LogP contribution is -2.17. The molecule has 0 amide bonds. The molecule has 0 bridgehead atoms. The molecule has 100 valence electrons. The standard InChI is InChI=1S/C13H13ClN2O2S/c1-9(10-2-4-11(14)5-3-10)15-8-12-6-7-13(19-12)16(17)18/h2-7,9,15H,8H2,1H3. The molecule has 0 radical (unpaired) electrons.